The molecule has 0 N–H and O–H groups in total. The molecule has 0 aliphatic rings. The summed E-state index contributed by atoms with van der Waals surface area (Å²) in [6, 6.07) is 0. The molecule has 0 heterocycles. The highest BCUT2D eigenvalue weighted by molar-refractivity contribution is 5.58. The van der Waals surface area contributed by atoms with E-state index in [1.165, 1.54) is 12.8 Å². The summed E-state index contributed by atoms with van der Waals surface area (Å²) in [5.74, 6) is 0. The zero-order valence-electron chi connectivity index (χ0n) is 7.81. The van der Waals surface area contributed by atoms with E-state index in [0.717, 1.165) is 19.3 Å². The summed E-state index contributed by atoms with van der Waals surface area (Å²) in [5.41, 5.74) is 0. The van der Waals surface area contributed by atoms with Crippen molar-refractivity contribution in [1.29, 1.82) is 0 Å². The van der Waals surface area contributed by atoms with Crippen LogP contribution in [0.15, 0.2) is 0 Å². The molecule has 1 atom stereocenters. The van der Waals surface area contributed by atoms with Crippen molar-refractivity contribution >= 4 is 6.22 Å². The van der Waals surface area contributed by atoms with Crippen LogP contribution in [0.1, 0.15) is 46.0 Å². The molecule has 0 saturated carbocycles. The number of unbranched alkanes of at least 4 members (excludes halogenated alkanes) is 3. The van der Waals surface area contributed by atoms with Crippen molar-refractivity contribution in [3.63, 3.8) is 0 Å². The van der Waals surface area contributed by atoms with Gasteiger partial charge in [-0.25, -0.2) is 4.79 Å². The maximum atomic E-state index is 11.7. The van der Waals surface area contributed by atoms with Crippen LogP contribution in [-0.4, -0.2) is 12.3 Å². The minimum Gasteiger partial charge on any atom is -0.437 e. The van der Waals surface area contributed by atoms with E-state index in [4.69, 9.17) is 0 Å². The molecule has 0 aromatic rings. The number of halogens is 1. The van der Waals surface area contributed by atoms with Gasteiger partial charge >= 0.3 is 6.22 Å². The molecule has 0 fully saturated rings. The third kappa shape index (κ3) is 7.51. The molecule has 0 amide bonds. The summed E-state index contributed by atoms with van der Waals surface area (Å²) < 4.78 is 16.0. The van der Waals surface area contributed by atoms with E-state index in [-0.39, 0.29) is 6.10 Å². The Kier molecular flexibility index (Phi) is 6.72. The smallest absolute Gasteiger partial charge is 0.437 e. The first-order valence-corrected chi connectivity index (χ1v) is 4.53. The SMILES string of the molecule is CCCCCC[C@@H](C)OC(=O)F. The molecule has 3 heteroatoms. The van der Waals surface area contributed by atoms with E-state index < -0.39 is 6.22 Å². The van der Waals surface area contributed by atoms with Gasteiger partial charge in [0.25, 0.3) is 0 Å². The van der Waals surface area contributed by atoms with Gasteiger partial charge in [0.1, 0.15) is 6.10 Å². The second kappa shape index (κ2) is 7.07. The molecule has 0 rings (SSSR count). The number of ether oxygens (including phenoxy) is 1. The van der Waals surface area contributed by atoms with Gasteiger partial charge in [0.05, 0.1) is 0 Å². The maximum absolute atomic E-state index is 11.7. The van der Waals surface area contributed by atoms with E-state index >= 15 is 0 Å². The monoisotopic (exact) mass is 176 g/mol. The summed E-state index contributed by atoms with van der Waals surface area (Å²) in [6.07, 6.45) is 3.31. The third-order valence-corrected chi connectivity index (χ3v) is 1.76. The van der Waals surface area contributed by atoms with Crippen LogP contribution < -0.4 is 0 Å². The molecule has 12 heavy (non-hydrogen) atoms. The van der Waals surface area contributed by atoms with Crippen LogP contribution in [0.2, 0.25) is 0 Å². The lowest BCUT2D eigenvalue weighted by molar-refractivity contribution is 0.0789. The van der Waals surface area contributed by atoms with Gasteiger partial charge < -0.3 is 4.74 Å². The molecule has 2 nitrogen and oxygen atoms in total. The second-order valence-corrected chi connectivity index (χ2v) is 3.02. The van der Waals surface area contributed by atoms with E-state index in [0.29, 0.717) is 0 Å². The summed E-state index contributed by atoms with van der Waals surface area (Å²) in [4.78, 5) is 9.85. The summed E-state index contributed by atoms with van der Waals surface area (Å²) in [5, 5.41) is 0. The lowest BCUT2D eigenvalue weighted by atomic mass is 10.1. The summed E-state index contributed by atoms with van der Waals surface area (Å²) >= 11 is 0. The van der Waals surface area contributed by atoms with Crippen LogP contribution in [0.25, 0.3) is 0 Å². The van der Waals surface area contributed by atoms with Gasteiger partial charge in [-0.15, -0.1) is 4.39 Å². The van der Waals surface area contributed by atoms with Gasteiger partial charge in [-0.3, -0.25) is 0 Å². The van der Waals surface area contributed by atoms with Crippen molar-refractivity contribution in [3.05, 3.63) is 0 Å². The Labute approximate surface area is 73.1 Å². The lowest BCUT2D eigenvalue weighted by Crippen LogP contribution is -2.09. The fraction of sp³-hybridized carbons (Fsp3) is 0.889. The Morgan fingerprint density at radius 3 is 2.58 bits per heavy atom. The molecule has 0 aromatic carbocycles. The summed E-state index contributed by atoms with van der Waals surface area (Å²) in [7, 11) is 0. The van der Waals surface area contributed by atoms with Crippen molar-refractivity contribution < 1.29 is 13.9 Å². The Hall–Kier alpha value is -0.600. The molecule has 0 spiro atoms. The molecular formula is C9H17FO2. The molecule has 0 bridgehead atoms. The number of hydrogen-bond acceptors (Lipinski definition) is 2. The van der Waals surface area contributed by atoms with Crippen LogP contribution >= 0.6 is 0 Å². The fourth-order valence-electron chi connectivity index (χ4n) is 1.08. The van der Waals surface area contributed by atoms with Gasteiger partial charge in [-0.2, -0.15) is 0 Å². The highest BCUT2D eigenvalue weighted by Gasteiger charge is 2.06. The topological polar surface area (TPSA) is 26.3 Å². The number of carbonyl (C=O) groups excluding carboxylic acids is 1. The zero-order chi connectivity index (χ0) is 9.40. The third-order valence-electron chi connectivity index (χ3n) is 1.76. The number of hydrogen-bond donors (Lipinski definition) is 0. The predicted octanol–water partition coefficient (Wildman–Crippen LogP) is 3.45. The van der Waals surface area contributed by atoms with Crippen LogP contribution in [0.3, 0.4) is 0 Å². The highest BCUT2D eigenvalue weighted by atomic mass is 19.1. The molecule has 72 valence electrons. The average Bonchev–Trinajstić information content (AvgIpc) is 1.97. The minimum absolute atomic E-state index is 0.278. The van der Waals surface area contributed by atoms with Crippen molar-refractivity contribution in [2.24, 2.45) is 0 Å². The van der Waals surface area contributed by atoms with E-state index in [1.54, 1.807) is 6.92 Å². The number of rotatable bonds is 6. The van der Waals surface area contributed by atoms with Gasteiger partial charge in [-0.05, 0) is 19.8 Å². The lowest BCUT2D eigenvalue weighted by Gasteiger charge is -2.08. The molecular weight excluding hydrogens is 159 g/mol. The maximum Gasteiger partial charge on any atom is 0.495 e. The largest absolute Gasteiger partial charge is 0.495 e. The van der Waals surface area contributed by atoms with Gasteiger partial charge in [-0.1, -0.05) is 26.2 Å². The second-order valence-electron chi connectivity index (χ2n) is 3.02. The first-order chi connectivity index (χ1) is 5.66. The van der Waals surface area contributed by atoms with Gasteiger partial charge in [0, 0.05) is 0 Å². The molecule has 0 radical (unpaired) electrons. The molecule has 0 aliphatic carbocycles. The standard InChI is InChI=1S/C9H17FO2/c1-3-4-5-6-7-8(2)12-9(10)11/h8H,3-7H2,1-2H3/t8-/m1/s1. The summed E-state index contributed by atoms with van der Waals surface area (Å²) in [6.45, 7) is 3.84. The fourth-order valence-corrected chi connectivity index (χ4v) is 1.08. The highest BCUT2D eigenvalue weighted by Crippen LogP contribution is 2.08. The number of carbonyl (C=O) groups is 1. The van der Waals surface area contributed by atoms with Gasteiger partial charge in [0.15, 0.2) is 0 Å². The van der Waals surface area contributed by atoms with E-state index in [9.17, 15) is 9.18 Å². The predicted molar refractivity (Wildman–Crippen MR) is 45.8 cm³/mol. The van der Waals surface area contributed by atoms with Crippen molar-refractivity contribution in [2.45, 2.75) is 52.1 Å². The first kappa shape index (κ1) is 11.4. The van der Waals surface area contributed by atoms with Crippen molar-refractivity contribution in [2.75, 3.05) is 0 Å². The molecule has 0 aromatic heterocycles. The Morgan fingerprint density at radius 2 is 2.08 bits per heavy atom. The van der Waals surface area contributed by atoms with E-state index in [1.807, 2.05) is 0 Å². The molecule has 0 saturated heterocycles. The van der Waals surface area contributed by atoms with Crippen molar-refractivity contribution in [1.82, 2.24) is 0 Å². The Balaban J connectivity index is 3.19. The van der Waals surface area contributed by atoms with Gasteiger partial charge in [0.2, 0.25) is 0 Å². The normalized spacial score (nSPS) is 12.6. The van der Waals surface area contributed by atoms with Crippen LogP contribution in [-0.2, 0) is 4.74 Å². The zero-order valence-corrected chi connectivity index (χ0v) is 7.81. The van der Waals surface area contributed by atoms with E-state index in [2.05, 4.69) is 11.7 Å². The minimum atomic E-state index is -1.67. The molecule has 0 aliphatic heterocycles. The van der Waals surface area contributed by atoms with Crippen molar-refractivity contribution in [3.8, 4) is 0 Å². The van der Waals surface area contributed by atoms with Crippen LogP contribution in [0, 0.1) is 0 Å². The van der Waals surface area contributed by atoms with Crippen LogP contribution in [0.5, 0.6) is 0 Å². The Bertz CT molecular complexity index is 126. The molecule has 0 unspecified atom stereocenters. The quantitative estimate of drug-likeness (QED) is 0.457. The Morgan fingerprint density at radius 1 is 1.42 bits per heavy atom. The first-order valence-electron chi connectivity index (χ1n) is 4.53. The average molecular weight is 176 g/mol. The van der Waals surface area contributed by atoms with Crippen LogP contribution in [0.4, 0.5) is 9.18 Å².